The molecule has 0 aliphatic heterocycles. The molecule has 0 saturated heterocycles. The molecule has 4 rings (SSSR count). The smallest absolute Gasteiger partial charge is 0.357 e. The number of methoxy groups -OCH3 is 1. The van der Waals surface area contributed by atoms with E-state index in [1.165, 1.54) is 37.4 Å². The molecule has 14 heteroatoms. The van der Waals surface area contributed by atoms with Crippen LogP contribution in [0, 0.1) is 11.3 Å². The van der Waals surface area contributed by atoms with Crippen molar-refractivity contribution in [2.24, 2.45) is 11.7 Å². The van der Waals surface area contributed by atoms with Gasteiger partial charge in [-0.05, 0) is 60.4 Å². The van der Waals surface area contributed by atoms with Crippen LogP contribution in [0.2, 0.25) is 0 Å². The van der Waals surface area contributed by atoms with E-state index in [2.05, 4.69) is 20.6 Å². The molecule has 2 amide bonds. The monoisotopic (exact) mass is 614 g/mol. The number of nitrogens with two attached hydrogens (primary N) is 1. The molecule has 45 heavy (non-hydrogen) atoms. The molecular formula is C31H30N6O8. The predicted molar refractivity (Wildman–Crippen MR) is 162 cm³/mol. The molecule has 0 bridgehead atoms. The lowest BCUT2D eigenvalue weighted by Crippen LogP contribution is -2.30. The predicted octanol–water partition coefficient (Wildman–Crippen LogP) is 4.20. The van der Waals surface area contributed by atoms with Gasteiger partial charge in [0.05, 0.1) is 12.7 Å². The highest BCUT2D eigenvalue weighted by Gasteiger charge is 2.26. The van der Waals surface area contributed by atoms with E-state index in [1.807, 2.05) is 13.8 Å². The largest absolute Gasteiger partial charge is 0.481 e. The van der Waals surface area contributed by atoms with Crippen LogP contribution in [0.5, 0.6) is 5.88 Å². The summed E-state index contributed by atoms with van der Waals surface area (Å²) in [5, 5.41) is 32.3. The Labute approximate surface area is 256 Å². The number of oxazole rings is 1. The first kappa shape index (κ1) is 31.9. The van der Waals surface area contributed by atoms with Crippen LogP contribution in [-0.4, -0.2) is 56.9 Å². The Kier molecular flexibility index (Phi) is 9.56. The maximum Gasteiger partial charge on any atom is 0.357 e. The SMILES string of the molecule is COc1ccc(-c2ccc(C(=O)N[C@@H](CC(C)C)c3nc(C(=O)O)co3)cc2C(=O)O)c(C(=O)Nc2ccc(C(=N)N)cc2)n1. The molecule has 0 aliphatic carbocycles. The molecule has 1 atom stereocenters. The van der Waals surface area contributed by atoms with Crippen LogP contribution in [0.15, 0.2) is 65.3 Å². The summed E-state index contributed by atoms with van der Waals surface area (Å²) in [4.78, 5) is 58.6. The Morgan fingerprint density at radius 1 is 0.933 bits per heavy atom. The number of amides is 2. The fourth-order valence-corrected chi connectivity index (χ4v) is 4.45. The number of ether oxygens (including phenoxy) is 1. The van der Waals surface area contributed by atoms with E-state index in [4.69, 9.17) is 20.3 Å². The first-order valence-corrected chi connectivity index (χ1v) is 13.6. The minimum atomic E-state index is -1.36. The molecule has 14 nitrogen and oxygen atoms in total. The molecule has 2 aromatic carbocycles. The van der Waals surface area contributed by atoms with Gasteiger partial charge < -0.3 is 35.7 Å². The molecule has 2 heterocycles. The van der Waals surface area contributed by atoms with Gasteiger partial charge in [0.25, 0.3) is 11.8 Å². The highest BCUT2D eigenvalue weighted by atomic mass is 16.5. The third-order valence-corrected chi connectivity index (χ3v) is 6.60. The minimum Gasteiger partial charge on any atom is -0.481 e. The number of aromatic nitrogens is 2. The van der Waals surface area contributed by atoms with Crippen LogP contribution in [0.3, 0.4) is 0 Å². The number of carbonyl (C=O) groups is 4. The molecule has 0 fully saturated rings. The van der Waals surface area contributed by atoms with Crippen LogP contribution in [0.25, 0.3) is 11.1 Å². The van der Waals surface area contributed by atoms with Crippen LogP contribution < -0.4 is 21.1 Å². The molecule has 2 aromatic heterocycles. The van der Waals surface area contributed by atoms with Crippen molar-refractivity contribution in [1.29, 1.82) is 5.41 Å². The third-order valence-electron chi connectivity index (χ3n) is 6.60. The van der Waals surface area contributed by atoms with Gasteiger partial charge in [-0.1, -0.05) is 19.9 Å². The number of hydrogen-bond donors (Lipinski definition) is 6. The van der Waals surface area contributed by atoms with E-state index in [0.717, 1.165) is 6.26 Å². The number of carboxylic acid groups (broad SMARTS) is 2. The van der Waals surface area contributed by atoms with Crippen molar-refractivity contribution in [2.75, 3.05) is 12.4 Å². The minimum absolute atomic E-state index is 0.000392. The van der Waals surface area contributed by atoms with Crippen LogP contribution in [0.4, 0.5) is 5.69 Å². The van der Waals surface area contributed by atoms with Gasteiger partial charge in [0.2, 0.25) is 11.8 Å². The lowest BCUT2D eigenvalue weighted by Gasteiger charge is -2.18. The van der Waals surface area contributed by atoms with E-state index in [0.29, 0.717) is 17.7 Å². The number of carboxylic acids is 2. The summed E-state index contributed by atoms with van der Waals surface area (Å²) in [6.07, 6.45) is 1.34. The van der Waals surface area contributed by atoms with Crippen LogP contribution >= 0.6 is 0 Å². The van der Waals surface area contributed by atoms with E-state index < -0.39 is 29.8 Å². The summed E-state index contributed by atoms with van der Waals surface area (Å²) < 4.78 is 10.5. The third kappa shape index (κ3) is 7.48. The number of nitrogen functional groups attached to an aromatic ring is 1. The fraction of sp³-hybridized carbons (Fsp3) is 0.194. The quantitative estimate of drug-likeness (QED) is 0.0978. The Bertz CT molecular complexity index is 1780. The fourth-order valence-electron chi connectivity index (χ4n) is 4.45. The first-order valence-electron chi connectivity index (χ1n) is 13.6. The van der Waals surface area contributed by atoms with E-state index in [1.54, 1.807) is 24.3 Å². The molecule has 0 unspecified atom stereocenters. The van der Waals surface area contributed by atoms with Gasteiger partial charge in [0, 0.05) is 28.4 Å². The van der Waals surface area contributed by atoms with E-state index >= 15 is 0 Å². The zero-order chi connectivity index (χ0) is 32.8. The Morgan fingerprint density at radius 2 is 1.60 bits per heavy atom. The molecule has 0 saturated carbocycles. The maximum atomic E-state index is 13.4. The topological polar surface area (TPSA) is 231 Å². The number of benzene rings is 2. The number of nitrogens with zero attached hydrogens (tertiary/aromatic N) is 2. The second-order valence-corrected chi connectivity index (χ2v) is 10.3. The van der Waals surface area contributed by atoms with Crippen molar-refractivity contribution in [3.63, 3.8) is 0 Å². The number of rotatable bonds is 12. The van der Waals surface area contributed by atoms with Crippen molar-refractivity contribution in [3.05, 3.63) is 94.8 Å². The second kappa shape index (κ2) is 13.5. The summed E-state index contributed by atoms with van der Waals surface area (Å²) in [5.74, 6) is -3.93. The highest BCUT2D eigenvalue weighted by Crippen LogP contribution is 2.30. The van der Waals surface area contributed by atoms with Crippen LogP contribution in [0.1, 0.15) is 79.5 Å². The normalized spacial score (nSPS) is 11.5. The van der Waals surface area contributed by atoms with Gasteiger partial charge in [-0.3, -0.25) is 15.0 Å². The Balaban J connectivity index is 1.68. The van der Waals surface area contributed by atoms with Crippen molar-refractivity contribution >= 4 is 35.3 Å². The Morgan fingerprint density at radius 3 is 2.18 bits per heavy atom. The lowest BCUT2D eigenvalue weighted by atomic mass is 9.95. The van der Waals surface area contributed by atoms with E-state index in [9.17, 15) is 29.4 Å². The van der Waals surface area contributed by atoms with Crippen molar-refractivity contribution in [2.45, 2.75) is 26.3 Å². The van der Waals surface area contributed by atoms with Gasteiger partial charge in [0.1, 0.15) is 23.8 Å². The number of nitrogens with one attached hydrogen (secondary N) is 3. The van der Waals surface area contributed by atoms with Crippen molar-refractivity contribution in [1.82, 2.24) is 15.3 Å². The number of aromatic carboxylic acids is 2. The average molecular weight is 615 g/mol. The first-order chi connectivity index (χ1) is 21.4. The zero-order valence-corrected chi connectivity index (χ0v) is 24.5. The van der Waals surface area contributed by atoms with Gasteiger partial charge >= 0.3 is 11.9 Å². The molecular weight excluding hydrogens is 584 g/mol. The summed E-state index contributed by atoms with van der Waals surface area (Å²) in [6, 6.07) is 12.4. The zero-order valence-electron chi connectivity index (χ0n) is 24.5. The molecule has 0 spiro atoms. The summed E-state index contributed by atoms with van der Waals surface area (Å²) >= 11 is 0. The molecule has 0 aliphatic rings. The summed E-state index contributed by atoms with van der Waals surface area (Å²) in [6.45, 7) is 3.80. The van der Waals surface area contributed by atoms with E-state index in [-0.39, 0.29) is 57.2 Å². The second-order valence-electron chi connectivity index (χ2n) is 10.3. The van der Waals surface area contributed by atoms with Gasteiger partial charge in [-0.2, -0.15) is 0 Å². The standard InChI is InChI=1S/C31H30N6O8/c1-15(2)12-22(29-36-23(14-45-29)31(42)43)35-27(38)17-6-9-19(21(13-17)30(40)41)20-10-11-24(44-3)37-25(20)28(39)34-18-7-4-16(5-8-18)26(32)33/h4-11,13-15,22H,12H2,1-3H3,(H3,32,33)(H,34,39)(H,35,38)(H,40,41)(H,42,43)/t22-/m0/s1. The Hall–Kier alpha value is -6.05. The van der Waals surface area contributed by atoms with Gasteiger partial charge in [-0.15, -0.1) is 0 Å². The molecule has 7 N–H and O–H groups in total. The van der Waals surface area contributed by atoms with Crippen molar-refractivity contribution in [3.8, 4) is 17.0 Å². The number of hydrogen-bond acceptors (Lipinski definition) is 9. The molecule has 4 aromatic rings. The van der Waals surface area contributed by atoms with Crippen molar-refractivity contribution < 1.29 is 38.5 Å². The van der Waals surface area contributed by atoms with Gasteiger partial charge in [0.15, 0.2) is 5.69 Å². The maximum absolute atomic E-state index is 13.4. The molecule has 0 radical (unpaired) electrons. The summed E-state index contributed by atoms with van der Waals surface area (Å²) in [5.41, 5.74) is 5.87. The number of pyridine rings is 1. The highest BCUT2D eigenvalue weighted by molar-refractivity contribution is 6.10. The number of carbonyl (C=O) groups excluding carboxylic acids is 2. The number of anilines is 1. The lowest BCUT2D eigenvalue weighted by molar-refractivity contribution is 0.0682. The average Bonchev–Trinajstić information content (AvgIpc) is 3.51. The van der Waals surface area contributed by atoms with Crippen LogP contribution in [-0.2, 0) is 0 Å². The summed E-state index contributed by atoms with van der Waals surface area (Å²) in [7, 11) is 1.37. The molecule has 232 valence electrons. The van der Waals surface area contributed by atoms with Gasteiger partial charge in [-0.25, -0.2) is 19.6 Å². The number of amidine groups is 1.